The van der Waals surface area contributed by atoms with Gasteiger partial charge in [-0.2, -0.15) is 0 Å². The molecule has 126 valence electrons. The lowest BCUT2D eigenvalue weighted by atomic mass is 10.0. The predicted molar refractivity (Wildman–Crippen MR) is 88.4 cm³/mol. The van der Waals surface area contributed by atoms with E-state index in [2.05, 4.69) is 5.32 Å². The van der Waals surface area contributed by atoms with Gasteiger partial charge in [0.2, 0.25) is 0 Å². The Balaban J connectivity index is 1.78. The molecule has 1 aromatic rings. The first-order valence-electron chi connectivity index (χ1n) is 8.23. The first-order valence-corrected chi connectivity index (χ1v) is 8.23. The summed E-state index contributed by atoms with van der Waals surface area (Å²) in [7, 11) is 1.54. The van der Waals surface area contributed by atoms with Gasteiger partial charge in [0.15, 0.2) is 6.10 Å². The van der Waals surface area contributed by atoms with Gasteiger partial charge in [0.25, 0.3) is 5.91 Å². The van der Waals surface area contributed by atoms with Gasteiger partial charge in [0.05, 0.1) is 12.8 Å². The lowest BCUT2D eigenvalue weighted by Crippen LogP contribution is -2.30. The van der Waals surface area contributed by atoms with Crippen LogP contribution in [0.2, 0.25) is 0 Å². The van der Waals surface area contributed by atoms with Gasteiger partial charge < -0.3 is 14.8 Å². The van der Waals surface area contributed by atoms with Crippen LogP contribution in [0, 0.1) is 5.92 Å². The van der Waals surface area contributed by atoms with Crippen LogP contribution in [0.5, 0.6) is 5.75 Å². The van der Waals surface area contributed by atoms with Gasteiger partial charge in [-0.05, 0) is 31.4 Å². The van der Waals surface area contributed by atoms with Crippen LogP contribution in [-0.2, 0) is 14.3 Å². The van der Waals surface area contributed by atoms with Crippen LogP contribution in [0.3, 0.4) is 0 Å². The number of carbonyl (C=O) groups excluding carboxylic acids is 2. The summed E-state index contributed by atoms with van der Waals surface area (Å²) in [4.78, 5) is 24.0. The molecule has 0 heterocycles. The summed E-state index contributed by atoms with van der Waals surface area (Å²) in [6, 6.07) is 7.12. The minimum atomic E-state index is -0.823. The van der Waals surface area contributed by atoms with E-state index in [1.165, 1.54) is 32.8 Å². The normalized spacial score (nSPS) is 15.9. The highest BCUT2D eigenvalue weighted by Gasteiger charge is 2.21. The van der Waals surface area contributed by atoms with E-state index in [-0.39, 0.29) is 11.9 Å². The van der Waals surface area contributed by atoms with Crippen LogP contribution >= 0.6 is 0 Å². The van der Waals surface area contributed by atoms with Crippen molar-refractivity contribution in [3.05, 3.63) is 24.3 Å². The van der Waals surface area contributed by atoms with Crippen molar-refractivity contribution in [2.24, 2.45) is 5.92 Å². The number of nitrogens with one attached hydrogen (secondary N) is 1. The Morgan fingerprint density at radius 3 is 2.65 bits per heavy atom. The van der Waals surface area contributed by atoms with Crippen molar-refractivity contribution < 1.29 is 19.1 Å². The average molecular weight is 319 g/mol. The molecule has 0 unspecified atom stereocenters. The van der Waals surface area contributed by atoms with E-state index < -0.39 is 6.10 Å². The molecule has 1 saturated carbocycles. The molecule has 0 aromatic heterocycles. The van der Waals surface area contributed by atoms with E-state index in [9.17, 15) is 9.59 Å². The number of ether oxygens (including phenoxy) is 2. The molecule has 2 rings (SSSR count). The molecule has 0 radical (unpaired) electrons. The van der Waals surface area contributed by atoms with Crippen LogP contribution < -0.4 is 10.1 Å². The summed E-state index contributed by atoms with van der Waals surface area (Å²) in [5, 5.41) is 2.72. The quantitative estimate of drug-likeness (QED) is 0.781. The smallest absolute Gasteiger partial charge is 0.306 e. The zero-order valence-electron chi connectivity index (χ0n) is 13.8. The Bertz CT molecular complexity index is 538. The van der Waals surface area contributed by atoms with Crippen molar-refractivity contribution in [3.63, 3.8) is 0 Å². The maximum absolute atomic E-state index is 12.1. The van der Waals surface area contributed by atoms with E-state index in [0.717, 1.165) is 6.42 Å². The molecule has 0 spiro atoms. The molecular formula is C18H25NO4. The minimum absolute atomic E-state index is 0.306. The maximum atomic E-state index is 12.1. The van der Waals surface area contributed by atoms with Crippen LogP contribution in [0.4, 0.5) is 5.69 Å². The van der Waals surface area contributed by atoms with Gasteiger partial charge in [-0.3, -0.25) is 9.59 Å². The summed E-state index contributed by atoms with van der Waals surface area (Å²) in [5.41, 5.74) is 0.564. The van der Waals surface area contributed by atoms with Crippen LogP contribution in [-0.4, -0.2) is 25.1 Å². The van der Waals surface area contributed by atoms with Crippen molar-refractivity contribution >= 4 is 17.6 Å². The zero-order valence-corrected chi connectivity index (χ0v) is 13.8. The molecule has 1 amide bonds. The Hall–Kier alpha value is -2.04. The lowest BCUT2D eigenvalue weighted by Gasteiger charge is -2.15. The highest BCUT2D eigenvalue weighted by Crippen LogP contribution is 2.28. The summed E-state index contributed by atoms with van der Waals surface area (Å²) < 4.78 is 10.4. The number of anilines is 1. The first-order chi connectivity index (χ1) is 11.1. The first kappa shape index (κ1) is 17.3. The number of hydrogen-bond donors (Lipinski definition) is 1. The molecule has 1 aromatic carbocycles. The topological polar surface area (TPSA) is 64.6 Å². The molecule has 1 aliphatic rings. The molecule has 1 N–H and O–H groups in total. The van der Waals surface area contributed by atoms with E-state index >= 15 is 0 Å². The summed E-state index contributed by atoms with van der Waals surface area (Å²) in [6.45, 7) is 1.58. The molecule has 0 saturated heterocycles. The third-order valence-electron chi connectivity index (χ3n) is 4.27. The van der Waals surface area contributed by atoms with Gasteiger partial charge in [-0.15, -0.1) is 0 Å². The van der Waals surface area contributed by atoms with Gasteiger partial charge in [0.1, 0.15) is 5.75 Å². The summed E-state index contributed by atoms with van der Waals surface area (Å²) >= 11 is 0. The summed E-state index contributed by atoms with van der Waals surface area (Å²) in [6.07, 6.45) is 5.36. The number of carbonyl (C=O) groups is 2. The molecular weight excluding hydrogens is 294 g/mol. The van der Waals surface area contributed by atoms with Gasteiger partial charge in [-0.25, -0.2) is 0 Å². The minimum Gasteiger partial charge on any atom is -0.495 e. The molecule has 1 fully saturated rings. The second-order valence-electron chi connectivity index (χ2n) is 6.01. The number of para-hydroxylation sites is 2. The monoisotopic (exact) mass is 319 g/mol. The zero-order chi connectivity index (χ0) is 16.7. The van der Waals surface area contributed by atoms with E-state index in [1.807, 2.05) is 6.07 Å². The molecule has 23 heavy (non-hydrogen) atoms. The van der Waals surface area contributed by atoms with Gasteiger partial charge in [0, 0.05) is 6.42 Å². The van der Waals surface area contributed by atoms with Gasteiger partial charge >= 0.3 is 5.97 Å². The number of methoxy groups -OCH3 is 1. The van der Waals surface area contributed by atoms with Crippen molar-refractivity contribution in [2.75, 3.05) is 12.4 Å². The Kier molecular flexibility index (Phi) is 6.44. The van der Waals surface area contributed by atoms with E-state index in [4.69, 9.17) is 9.47 Å². The largest absolute Gasteiger partial charge is 0.495 e. The maximum Gasteiger partial charge on any atom is 0.306 e. The number of hydrogen-bond acceptors (Lipinski definition) is 4. The SMILES string of the molecule is COc1ccccc1NC(=O)[C@@H](C)OC(=O)CCC1CCCC1. The Morgan fingerprint density at radius 2 is 1.96 bits per heavy atom. The third-order valence-corrected chi connectivity index (χ3v) is 4.27. The number of amides is 1. The van der Waals surface area contributed by atoms with Crippen molar-refractivity contribution in [2.45, 2.75) is 51.6 Å². The van der Waals surface area contributed by atoms with E-state index in [0.29, 0.717) is 23.8 Å². The number of esters is 1. The van der Waals surface area contributed by atoms with Crippen LogP contribution in [0.15, 0.2) is 24.3 Å². The highest BCUT2D eigenvalue weighted by molar-refractivity contribution is 5.96. The third kappa shape index (κ3) is 5.27. The van der Waals surface area contributed by atoms with Crippen molar-refractivity contribution in [3.8, 4) is 5.75 Å². The van der Waals surface area contributed by atoms with Crippen LogP contribution in [0.25, 0.3) is 0 Å². The fourth-order valence-corrected chi connectivity index (χ4v) is 2.91. The molecule has 1 aliphatic carbocycles. The molecule has 5 nitrogen and oxygen atoms in total. The fraction of sp³-hybridized carbons (Fsp3) is 0.556. The lowest BCUT2D eigenvalue weighted by molar-refractivity contribution is -0.153. The average Bonchev–Trinajstić information content (AvgIpc) is 3.06. The molecule has 5 heteroatoms. The number of benzene rings is 1. The molecule has 0 aliphatic heterocycles. The second kappa shape index (κ2) is 8.56. The standard InChI is InChI=1S/C18H25NO4/c1-13(23-17(20)12-11-14-7-3-4-8-14)18(21)19-15-9-5-6-10-16(15)22-2/h5-6,9-10,13-14H,3-4,7-8,11-12H2,1-2H3,(H,19,21)/t13-/m1/s1. The molecule has 0 bridgehead atoms. The highest BCUT2D eigenvalue weighted by atomic mass is 16.5. The van der Waals surface area contributed by atoms with Crippen molar-refractivity contribution in [1.29, 1.82) is 0 Å². The number of rotatable bonds is 7. The van der Waals surface area contributed by atoms with Crippen molar-refractivity contribution in [1.82, 2.24) is 0 Å². The van der Waals surface area contributed by atoms with Crippen LogP contribution in [0.1, 0.15) is 45.4 Å². The Labute approximate surface area is 137 Å². The predicted octanol–water partition coefficient (Wildman–Crippen LogP) is 3.54. The molecule has 1 atom stereocenters. The Morgan fingerprint density at radius 1 is 1.26 bits per heavy atom. The summed E-state index contributed by atoms with van der Waals surface area (Å²) in [5.74, 6) is 0.546. The van der Waals surface area contributed by atoms with E-state index in [1.54, 1.807) is 25.1 Å². The fourth-order valence-electron chi connectivity index (χ4n) is 2.91. The second-order valence-corrected chi connectivity index (χ2v) is 6.01. The van der Waals surface area contributed by atoms with Gasteiger partial charge in [-0.1, -0.05) is 37.8 Å².